The molecule has 0 spiro atoms. The number of nitrogens with zero attached hydrogens (tertiary/aromatic N) is 1. The summed E-state index contributed by atoms with van der Waals surface area (Å²) in [7, 11) is 0. The van der Waals surface area contributed by atoms with Crippen LogP contribution < -0.4 is 5.32 Å². The number of likely N-dealkylation sites (tertiary alicyclic amines) is 1. The molecular formula is C10H14N2O4. The molecule has 1 heterocycles. The molecule has 2 N–H and O–H groups in total. The Morgan fingerprint density at radius 3 is 2.75 bits per heavy atom. The van der Waals surface area contributed by atoms with Crippen LogP contribution in [0.5, 0.6) is 0 Å². The zero-order valence-corrected chi connectivity index (χ0v) is 8.81. The highest BCUT2D eigenvalue weighted by atomic mass is 16.4. The summed E-state index contributed by atoms with van der Waals surface area (Å²) in [5, 5.41) is 10.8. The molecule has 0 aliphatic carbocycles. The van der Waals surface area contributed by atoms with E-state index in [1.165, 1.54) is 0 Å². The summed E-state index contributed by atoms with van der Waals surface area (Å²) in [5.41, 5.74) is 0. The molecule has 1 saturated heterocycles. The van der Waals surface area contributed by atoms with Gasteiger partial charge in [-0.1, -0.05) is 0 Å². The van der Waals surface area contributed by atoms with Crippen LogP contribution in [0.1, 0.15) is 12.8 Å². The van der Waals surface area contributed by atoms with Gasteiger partial charge in [0.15, 0.2) is 0 Å². The minimum absolute atomic E-state index is 0.107. The highest BCUT2D eigenvalue weighted by Gasteiger charge is 2.19. The topological polar surface area (TPSA) is 86.7 Å². The second kappa shape index (κ2) is 5.89. The van der Waals surface area contributed by atoms with E-state index in [-0.39, 0.29) is 5.91 Å². The molecule has 6 nitrogen and oxygen atoms in total. The van der Waals surface area contributed by atoms with Gasteiger partial charge in [-0.2, -0.15) is 0 Å². The SMILES string of the molecule is O=C(O)C=CC(=O)NCCN1CCCC1=O. The minimum atomic E-state index is -1.16. The van der Waals surface area contributed by atoms with Gasteiger partial charge in [0.25, 0.3) is 0 Å². The summed E-state index contributed by atoms with van der Waals surface area (Å²) in [5.74, 6) is -1.52. The van der Waals surface area contributed by atoms with Crippen LogP contribution in [-0.4, -0.2) is 47.4 Å². The van der Waals surface area contributed by atoms with Gasteiger partial charge in [-0.3, -0.25) is 9.59 Å². The molecule has 1 aliphatic rings. The van der Waals surface area contributed by atoms with Crippen LogP contribution in [0.3, 0.4) is 0 Å². The first kappa shape index (κ1) is 12.2. The van der Waals surface area contributed by atoms with Crippen molar-refractivity contribution in [2.45, 2.75) is 12.8 Å². The van der Waals surface area contributed by atoms with Crippen molar-refractivity contribution in [3.63, 3.8) is 0 Å². The number of carbonyl (C=O) groups is 3. The third-order valence-electron chi connectivity index (χ3n) is 2.23. The molecule has 0 radical (unpaired) electrons. The molecule has 1 fully saturated rings. The van der Waals surface area contributed by atoms with E-state index >= 15 is 0 Å². The molecule has 0 unspecified atom stereocenters. The van der Waals surface area contributed by atoms with Crippen LogP contribution in [0, 0.1) is 0 Å². The van der Waals surface area contributed by atoms with E-state index in [1.54, 1.807) is 4.90 Å². The molecule has 88 valence electrons. The van der Waals surface area contributed by atoms with Crippen LogP contribution in [0.2, 0.25) is 0 Å². The van der Waals surface area contributed by atoms with Crippen molar-refractivity contribution in [2.24, 2.45) is 0 Å². The number of aliphatic carboxylic acids is 1. The van der Waals surface area contributed by atoms with Gasteiger partial charge in [-0.05, 0) is 6.42 Å². The van der Waals surface area contributed by atoms with Gasteiger partial charge in [0.05, 0.1) is 0 Å². The zero-order chi connectivity index (χ0) is 12.0. The van der Waals surface area contributed by atoms with Crippen molar-refractivity contribution in [1.29, 1.82) is 0 Å². The molecule has 0 aromatic carbocycles. The molecule has 1 aliphatic heterocycles. The average Bonchev–Trinajstić information content (AvgIpc) is 2.61. The van der Waals surface area contributed by atoms with E-state index in [1.807, 2.05) is 0 Å². The second-order valence-corrected chi connectivity index (χ2v) is 3.45. The van der Waals surface area contributed by atoms with Crippen molar-refractivity contribution < 1.29 is 19.5 Å². The number of carbonyl (C=O) groups excluding carboxylic acids is 2. The lowest BCUT2D eigenvalue weighted by Crippen LogP contribution is -2.34. The number of rotatable bonds is 5. The normalized spacial score (nSPS) is 15.8. The van der Waals surface area contributed by atoms with E-state index in [0.29, 0.717) is 19.5 Å². The van der Waals surface area contributed by atoms with Crippen molar-refractivity contribution in [1.82, 2.24) is 10.2 Å². The Morgan fingerprint density at radius 1 is 1.44 bits per heavy atom. The number of carboxylic acid groups (broad SMARTS) is 1. The van der Waals surface area contributed by atoms with Crippen molar-refractivity contribution in [2.75, 3.05) is 19.6 Å². The van der Waals surface area contributed by atoms with Gasteiger partial charge < -0.3 is 15.3 Å². The van der Waals surface area contributed by atoms with E-state index in [0.717, 1.165) is 25.1 Å². The maximum atomic E-state index is 11.2. The standard InChI is InChI=1S/C10H14N2O4/c13-8(3-4-10(15)16)11-5-7-12-6-1-2-9(12)14/h3-4H,1-2,5-7H2,(H,11,13)(H,15,16). The second-order valence-electron chi connectivity index (χ2n) is 3.45. The first-order chi connectivity index (χ1) is 7.59. The van der Waals surface area contributed by atoms with Gasteiger partial charge >= 0.3 is 5.97 Å². The minimum Gasteiger partial charge on any atom is -0.478 e. The quantitative estimate of drug-likeness (QED) is 0.611. The van der Waals surface area contributed by atoms with Gasteiger partial charge in [-0.15, -0.1) is 0 Å². The highest BCUT2D eigenvalue weighted by Crippen LogP contribution is 2.07. The fraction of sp³-hybridized carbons (Fsp3) is 0.500. The summed E-state index contributed by atoms with van der Waals surface area (Å²) in [6.07, 6.45) is 3.17. The van der Waals surface area contributed by atoms with Gasteiger partial charge in [0, 0.05) is 38.2 Å². The van der Waals surface area contributed by atoms with Crippen LogP contribution in [0.25, 0.3) is 0 Å². The van der Waals surface area contributed by atoms with Crippen molar-refractivity contribution >= 4 is 17.8 Å². The predicted molar refractivity (Wildman–Crippen MR) is 55.6 cm³/mol. The van der Waals surface area contributed by atoms with E-state index in [9.17, 15) is 14.4 Å². The lowest BCUT2D eigenvalue weighted by molar-refractivity contribution is -0.131. The average molecular weight is 226 g/mol. The van der Waals surface area contributed by atoms with Gasteiger partial charge in [0.2, 0.25) is 11.8 Å². The lowest BCUT2D eigenvalue weighted by atomic mass is 10.4. The summed E-state index contributed by atoms with van der Waals surface area (Å²) in [6, 6.07) is 0. The Kier molecular flexibility index (Phi) is 4.50. The smallest absolute Gasteiger partial charge is 0.328 e. The first-order valence-electron chi connectivity index (χ1n) is 5.06. The third-order valence-corrected chi connectivity index (χ3v) is 2.23. The van der Waals surface area contributed by atoms with Crippen LogP contribution in [0.4, 0.5) is 0 Å². The molecular weight excluding hydrogens is 212 g/mol. The molecule has 0 saturated carbocycles. The van der Waals surface area contributed by atoms with Crippen LogP contribution in [-0.2, 0) is 14.4 Å². The Hall–Kier alpha value is -1.85. The van der Waals surface area contributed by atoms with Crippen LogP contribution in [0.15, 0.2) is 12.2 Å². The van der Waals surface area contributed by atoms with E-state index in [2.05, 4.69) is 5.32 Å². The molecule has 0 bridgehead atoms. The Morgan fingerprint density at radius 2 is 2.19 bits per heavy atom. The maximum absolute atomic E-state index is 11.2. The van der Waals surface area contributed by atoms with E-state index < -0.39 is 11.9 Å². The zero-order valence-electron chi connectivity index (χ0n) is 8.81. The van der Waals surface area contributed by atoms with Crippen molar-refractivity contribution in [3.8, 4) is 0 Å². The van der Waals surface area contributed by atoms with E-state index in [4.69, 9.17) is 5.11 Å². The largest absolute Gasteiger partial charge is 0.478 e. The summed E-state index contributed by atoms with van der Waals surface area (Å²) >= 11 is 0. The number of amides is 2. The summed E-state index contributed by atoms with van der Waals surface area (Å²) < 4.78 is 0. The molecule has 16 heavy (non-hydrogen) atoms. The van der Waals surface area contributed by atoms with Crippen LogP contribution >= 0.6 is 0 Å². The van der Waals surface area contributed by atoms with Gasteiger partial charge in [0.1, 0.15) is 0 Å². The number of nitrogens with one attached hydrogen (secondary N) is 1. The molecule has 0 aromatic rings. The number of hydrogen-bond donors (Lipinski definition) is 2. The lowest BCUT2D eigenvalue weighted by Gasteiger charge is -2.14. The van der Waals surface area contributed by atoms with Crippen molar-refractivity contribution in [3.05, 3.63) is 12.2 Å². The fourth-order valence-corrected chi connectivity index (χ4v) is 1.46. The number of hydrogen-bond acceptors (Lipinski definition) is 3. The van der Waals surface area contributed by atoms with Gasteiger partial charge in [-0.25, -0.2) is 4.79 Å². The molecule has 6 heteroatoms. The Bertz CT molecular complexity index is 325. The fourth-order valence-electron chi connectivity index (χ4n) is 1.46. The Labute approximate surface area is 92.9 Å². The molecule has 0 aromatic heterocycles. The Balaban J connectivity index is 2.17. The number of carboxylic acids is 1. The highest BCUT2D eigenvalue weighted by molar-refractivity contribution is 5.93. The molecule has 0 atom stereocenters. The summed E-state index contributed by atoms with van der Waals surface area (Å²) in [6.45, 7) is 1.56. The molecule has 1 rings (SSSR count). The first-order valence-corrected chi connectivity index (χ1v) is 5.06. The maximum Gasteiger partial charge on any atom is 0.328 e. The monoisotopic (exact) mass is 226 g/mol. The third kappa shape index (κ3) is 4.12. The molecule has 2 amide bonds. The predicted octanol–water partition coefficient (Wildman–Crippen LogP) is -0.634. The summed E-state index contributed by atoms with van der Waals surface area (Å²) in [4.78, 5) is 34.0.